The van der Waals surface area contributed by atoms with Crippen LogP contribution in [-0.2, 0) is 10.1 Å². The molecule has 6 heteroatoms. The second-order valence-electron chi connectivity index (χ2n) is 5.01. The largest absolute Gasteiger partial charge is 0.748 e. The maximum absolute atomic E-state index is 10.6. The fourth-order valence-corrected chi connectivity index (χ4v) is 2.92. The van der Waals surface area contributed by atoms with Crippen LogP contribution in [0.1, 0.15) is 6.42 Å². The summed E-state index contributed by atoms with van der Waals surface area (Å²) in [4.78, 5) is 5.64. The summed E-state index contributed by atoms with van der Waals surface area (Å²) in [6.07, 6.45) is 2.03. The molecule has 0 amide bonds. The molecule has 0 aliphatic rings. The van der Waals surface area contributed by atoms with Crippen molar-refractivity contribution >= 4 is 31.8 Å². The molecule has 0 radical (unpaired) electrons. The third-order valence-corrected chi connectivity index (χ3v) is 4.21. The third-order valence-electron chi connectivity index (χ3n) is 3.42. The Bertz CT molecular complexity index is 922. The molecule has 1 heterocycles. The van der Waals surface area contributed by atoms with E-state index in [-0.39, 0.29) is 13.0 Å². The summed E-state index contributed by atoms with van der Waals surface area (Å²) in [5.41, 5.74) is 0.895. The quantitative estimate of drug-likeness (QED) is 0.310. The Morgan fingerprint density at radius 2 is 1.68 bits per heavy atom. The van der Waals surface area contributed by atoms with Gasteiger partial charge in [-0.25, -0.2) is 8.42 Å². The van der Waals surface area contributed by atoms with E-state index in [1.165, 1.54) is 0 Å². The van der Waals surface area contributed by atoms with Crippen molar-refractivity contribution in [3.63, 3.8) is 0 Å². The number of benzene rings is 2. The van der Waals surface area contributed by atoms with Gasteiger partial charge in [-0.15, -0.1) is 0 Å². The standard InChI is InChI=1S/C16H15NO4S/c18-22(19,20)11-5-10-21-17-12-13-6-1-2-7-14(13)15-8-3-4-9-16(15)17/h1-4,6-9,12H,5,10-11H2. The second-order valence-corrected chi connectivity index (χ2v) is 6.53. The fourth-order valence-electron chi connectivity index (χ4n) is 2.45. The van der Waals surface area contributed by atoms with E-state index >= 15 is 0 Å². The lowest BCUT2D eigenvalue weighted by Crippen LogP contribution is -2.43. The predicted octanol–water partition coefficient (Wildman–Crippen LogP) is 1.64. The van der Waals surface area contributed by atoms with E-state index in [9.17, 15) is 13.0 Å². The van der Waals surface area contributed by atoms with Crippen molar-refractivity contribution in [3.8, 4) is 0 Å². The number of para-hydroxylation sites is 1. The van der Waals surface area contributed by atoms with Crippen molar-refractivity contribution in [1.82, 2.24) is 0 Å². The average Bonchev–Trinajstić information content (AvgIpc) is 2.50. The first-order valence-corrected chi connectivity index (χ1v) is 8.51. The molecule has 0 N–H and O–H groups in total. The highest BCUT2D eigenvalue weighted by Gasteiger charge is 2.14. The van der Waals surface area contributed by atoms with Crippen LogP contribution in [0.3, 0.4) is 0 Å². The summed E-state index contributed by atoms with van der Waals surface area (Å²) in [5.74, 6) is -0.418. The van der Waals surface area contributed by atoms with Crippen LogP contribution in [0.2, 0.25) is 0 Å². The minimum atomic E-state index is -4.19. The van der Waals surface area contributed by atoms with Crippen molar-refractivity contribution in [1.29, 1.82) is 0 Å². The minimum absolute atomic E-state index is 0.161. The molecule has 0 unspecified atom stereocenters. The monoisotopic (exact) mass is 317 g/mol. The molecule has 5 nitrogen and oxygen atoms in total. The topological polar surface area (TPSA) is 70.3 Å². The maximum Gasteiger partial charge on any atom is 0.265 e. The SMILES string of the molecule is O=S(=O)([O-])CCCO[n+]1cc2ccccc2c2ccccc21. The first-order chi connectivity index (χ1) is 10.5. The van der Waals surface area contributed by atoms with Gasteiger partial charge in [0.1, 0.15) is 0 Å². The van der Waals surface area contributed by atoms with Crippen molar-refractivity contribution in [3.05, 3.63) is 54.7 Å². The van der Waals surface area contributed by atoms with Crippen LogP contribution in [0.5, 0.6) is 0 Å². The third kappa shape index (κ3) is 3.18. The zero-order valence-electron chi connectivity index (χ0n) is 11.8. The number of fused-ring (bicyclic) bond motifs is 3. The van der Waals surface area contributed by atoms with Crippen LogP contribution in [-0.4, -0.2) is 25.3 Å². The molecule has 22 heavy (non-hydrogen) atoms. The van der Waals surface area contributed by atoms with Gasteiger partial charge in [-0.1, -0.05) is 30.3 Å². The Labute approximate surface area is 128 Å². The van der Waals surface area contributed by atoms with Crippen molar-refractivity contribution in [2.24, 2.45) is 0 Å². The van der Waals surface area contributed by atoms with Crippen LogP contribution < -0.4 is 9.57 Å². The van der Waals surface area contributed by atoms with Crippen molar-refractivity contribution in [2.75, 3.05) is 12.4 Å². The molecule has 0 saturated heterocycles. The van der Waals surface area contributed by atoms with Gasteiger partial charge >= 0.3 is 0 Å². The Kier molecular flexibility index (Phi) is 3.96. The minimum Gasteiger partial charge on any atom is -0.748 e. The molecule has 0 spiro atoms. The lowest BCUT2D eigenvalue weighted by Gasteiger charge is -2.06. The highest BCUT2D eigenvalue weighted by Crippen LogP contribution is 2.21. The van der Waals surface area contributed by atoms with Gasteiger partial charge < -0.3 is 4.55 Å². The number of pyridine rings is 1. The Balaban J connectivity index is 1.94. The molecule has 1 aromatic heterocycles. The summed E-state index contributed by atoms with van der Waals surface area (Å²) in [5, 5.41) is 3.20. The zero-order chi connectivity index (χ0) is 15.6. The van der Waals surface area contributed by atoms with Crippen molar-refractivity contribution in [2.45, 2.75) is 6.42 Å². The molecular weight excluding hydrogens is 302 g/mol. The predicted molar refractivity (Wildman–Crippen MR) is 82.3 cm³/mol. The Hall–Kier alpha value is -2.18. The molecule has 114 valence electrons. The number of hydrogen-bond donors (Lipinski definition) is 0. The van der Waals surface area contributed by atoms with Gasteiger partial charge in [-0.2, -0.15) is 0 Å². The van der Waals surface area contributed by atoms with Crippen LogP contribution in [0, 0.1) is 0 Å². The van der Waals surface area contributed by atoms with Gasteiger partial charge in [0.05, 0.1) is 20.9 Å². The van der Waals surface area contributed by atoms with E-state index in [1.54, 1.807) is 4.73 Å². The van der Waals surface area contributed by atoms with Crippen molar-refractivity contribution < 1.29 is 22.5 Å². The highest BCUT2D eigenvalue weighted by molar-refractivity contribution is 7.85. The van der Waals surface area contributed by atoms with Gasteiger partial charge in [0.2, 0.25) is 6.20 Å². The summed E-state index contributed by atoms with van der Waals surface area (Å²) < 4.78 is 33.5. The van der Waals surface area contributed by atoms with Gasteiger partial charge in [-0.3, -0.25) is 4.84 Å². The molecule has 3 aromatic rings. The molecule has 0 fully saturated rings. The van der Waals surface area contributed by atoms with E-state index in [2.05, 4.69) is 0 Å². The van der Waals surface area contributed by atoms with Gasteiger partial charge in [0, 0.05) is 28.4 Å². The van der Waals surface area contributed by atoms with E-state index in [1.807, 2.05) is 54.7 Å². The molecule has 0 saturated carbocycles. The van der Waals surface area contributed by atoms with Crippen LogP contribution in [0.25, 0.3) is 21.7 Å². The first-order valence-electron chi connectivity index (χ1n) is 6.94. The summed E-state index contributed by atoms with van der Waals surface area (Å²) in [6, 6.07) is 15.8. The van der Waals surface area contributed by atoms with Gasteiger partial charge in [0.25, 0.3) is 5.52 Å². The molecule has 0 aliphatic carbocycles. The Morgan fingerprint density at radius 3 is 2.45 bits per heavy atom. The van der Waals surface area contributed by atoms with E-state index < -0.39 is 15.9 Å². The van der Waals surface area contributed by atoms with Crippen LogP contribution in [0.15, 0.2) is 54.7 Å². The smallest absolute Gasteiger partial charge is 0.265 e. The van der Waals surface area contributed by atoms with E-state index in [4.69, 9.17) is 4.84 Å². The lowest BCUT2D eigenvalue weighted by atomic mass is 10.1. The van der Waals surface area contributed by atoms with Gasteiger partial charge in [-0.05, 0) is 12.1 Å². The summed E-state index contributed by atoms with van der Waals surface area (Å²) >= 11 is 0. The average molecular weight is 317 g/mol. The van der Waals surface area contributed by atoms with Crippen LogP contribution in [0.4, 0.5) is 0 Å². The molecule has 0 bridgehead atoms. The van der Waals surface area contributed by atoms with Gasteiger partial charge in [0.15, 0.2) is 6.61 Å². The Morgan fingerprint density at radius 1 is 1.00 bits per heavy atom. The zero-order valence-corrected chi connectivity index (χ0v) is 12.6. The second kappa shape index (κ2) is 5.90. The molecule has 0 aliphatic heterocycles. The summed E-state index contributed by atoms with van der Waals surface area (Å²) in [6.45, 7) is 0.161. The molecular formula is C16H15NO4S. The summed E-state index contributed by atoms with van der Waals surface area (Å²) in [7, 11) is -4.19. The fraction of sp³-hybridized carbons (Fsp3) is 0.188. The number of rotatable bonds is 5. The van der Waals surface area contributed by atoms with Crippen LogP contribution >= 0.6 is 0 Å². The molecule has 3 rings (SSSR count). The number of hydrogen-bond acceptors (Lipinski definition) is 4. The number of aromatic nitrogens is 1. The normalized spacial score (nSPS) is 11.9. The lowest BCUT2D eigenvalue weighted by molar-refractivity contribution is -0.870. The highest BCUT2D eigenvalue weighted by atomic mass is 32.2. The van der Waals surface area contributed by atoms with E-state index in [0.717, 1.165) is 21.7 Å². The first kappa shape index (κ1) is 14.7. The molecule has 2 aromatic carbocycles. The van der Waals surface area contributed by atoms with E-state index in [0.29, 0.717) is 0 Å². The molecule has 0 atom stereocenters. The number of nitrogens with zero attached hydrogens (tertiary/aromatic N) is 1. The maximum atomic E-state index is 10.6.